The lowest BCUT2D eigenvalue weighted by atomic mass is 9.98. The van der Waals surface area contributed by atoms with Crippen LogP contribution in [0.3, 0.4) is 0 Å². The summed E-state index contributed by atoms with van der Waals surface area (Å²) in [5.74, 6) is -1.11. The van der Waals surface area contributed by atoms with Crippen molar-refractivity contribution in [1.82, 2.24) is 4.72 Å². The Morgan fingerprint density at radius 1 is 1.11 bits per heavy atom. The van der Waals surface area contributed by atoms with Crippen molar-refractivity contribution in [2.24, 2.45) is 0 Å². The van der Waals surface area contributed by atoms with Crippen LogP contribution in [0.2, 0.25) is 10.0 Å². The maximum Gasteiger partial charge on any atom is 0.305 e. The first-order chi connectivity index (χ1) is 12.4. The number of benzene rings is 2. The molecule has 0 radical (unpaired) electrons. The smallest absolute Gasteiger partial charge is 0.305 e. The Morgan fingerprint density at radius 3 is 2.19 bits per heavy atom. The quantitative estimate of drug-likeness (QED) is 0.683. The predicted octanol–water partition coefficient (Wildman–Crippen LogP) is 4.89. The molecule has 0 aliphatic rings. The van der Waals surface area contributed by atoms with Crippen LogP contribution in [0.5, 0.6) is 0 Å². The third-order valence-electron chi connectivity index (χ3n) is 4.02. The molecule has 0 aliphatic carbocycles. The molecule has 2 N–H and O–H groups in total. The van der Waals surface area contributed by atoms with Gasteiger partial charge >= 0.3 is 5.97 Å². The zero-order valence-corrected chi connectivity index (χ0v) is 17.5. The lowest BCUT2D eigenvalue weighted by molar-refractivity contribution is -0.137. The maximum atomic E-state index is 12.5. The summed E-state index contributed by atoms with van der Waals surface area (Å²) >= 11 is 12.5. The van der Waals surface area contributed by atoms with Gasteiger partial charge < -0.3 is 5.11 Å². The molecule has 1 atom stereocenters. The number of carboxylic acid groups (broad SMARTS) is 1. The number of nitrogens with one attached hydrogen (secondary N) is 1. The van der Waals surface area contributed by atoms with Crippen molar-refractivity contribution in [3.8, 4) is 11.1 Å². The topological polar surface area (TPSA) is 83.5 Å². The second-order valence-electron chi connectivity index (χ2n) is 7.11. The van der Waals surface area contributed by atoms with Gasteiger partial charge in [-0.05, 0) is 50.1 Å². The van der Waals surface area contributed by atoms with Crippen LogP contribution >= 0.6 is 23.2 Å². The molecule has 27 heavy (non-hydrogen) atoms. The highest BCUT2D eigenvalue weighted by molar-refractivity contribution is 7.90. The highest BCUT2D eigenvalue weighted by atomic mass is 35.5. The van der Waals surface area contributed by atoms with E-state index in [0.717, 1.165) is 0 Å². The standard InChI is InChI=1S/C19H21Cl2NO4S/c1-19(2,3)27(25,26)22-16(11-17(23)24)12-6-4-7-13(10-12)18-14(20)8-5-9-15(18)21/h4-10,16,22H,11H2,1-3H3,(H,23,24)/t16-/m1/s1. The lowest BCUT2D eigenvalue weighted by Gasteiger charge is -2.25. The molecule has 8 heteroatoms. The summed E-state index contributed by atoms with van der Waals surface area (Å²) in [4.78, 5) is 11.3. The highest BCUT2D eigenvalue weighted by Gasteiger charge is 2.32. The fourth-order valence-electron chi connectivity index (χ4n) is 2.45. The maximum absolute atomic E-state index is 12.5. The molecule has 2 aromatic rings. The number of carboxylic acids is 1. The zero-order valence-electron chi connectivity index (χ0n) is 15.2. The molecular weight excluding hydrogens is 409 g/mol. The molecule has 0 fully saturated rings. The second kappa shape index (κ2) is 8.19. The number of aliphatic carboxylic acids is 1. The van der Waals surface area contributed by atoms with E-state index in [1.54, 1.807) is 63.2 Å². The van der Waals surface area contributed by atoms with Gasteiger partial charge in [0.1, 0.15) is 0 Å². The number of hydrogen-bond acceptors (Lipinski definition) is 3. The highest BCUT2D eigenvalue weighted by Crippen LogP contribution is 2.36. The van der Waals surface area contributed by atoms with E-state index in [2.05, 4.69) is 4.72 Å². The third kappa shape index (κ3) is 5.23. The summed E-state index contributed by atoms with van der Waals surface area (Å²) in [5, 5.41) is 10.1. The van der Waals surface area contributed by atoms with Crippen LogP contribution in [0, 0.1) is 0 Å². The first-order valence-corrected chi connectivity index (χ1v) is 10.4. The lowest BCUT2D eigenvalue weighted by Crippen LogP contribution is -2.41. The SMILES string of the molecule is CC(C)(C)S(=O)(=O)N[C@H](CC(=O)O)c1cccc(-c2c(Cl)cccc2Cl)c1. The van der Waals surface area contributed by atoms with E-state index in [1.807, 2.05) is 0 Å². The van der Waals surface area contributed by atoms with Crippen LogP contribution in [0.4, 0.5) is 0 Å². The fourth-order valence-corrected chi connectivity index (χ4v) is 4.01. The van der Waals surface area contributed by atoms with Crippen LogP contribution in [0.15, 0.2) is 42.5 Å². The van der Waals surface area contributed by atoms with Gasteiger partial charge in [-0.25, -0.2) is 13.1 Å². The molecule has 5 nitrogen and oxygen atoms in total. The molecule has 146 valence electrons. The average molecular weight is 430 g/mol. The van der Waals surface area contributed by atoms with Gasteiger partial charge in [0.25, 0.3) is 0 Å². The van der Waals surface area contributed by atoms with Crippen molar-refractivity contribution < 1.29 is 18.3 Å². The van der Waals surface area contributed by atoms with Crippen LogP contribution in [0.1, 0.15) is 38.8 Å². The van der Waals surface area contributed by atoms with E-state index in [-0.39, 0.29) is 0 Å². The van der Waals surface area contributed by atoms with Crippen molar-refractivity contribution in [3.63, 3.8) is 0 Å². The Balaban J connectivity index is 2.50. The minimum absolute atomic E-state index is 0.394. The third-order valence-corrected chi connectivity index (χ3v) is 6.86. The number of sulfonamides is 1. The van der Waals surface area contributed by atoms with Gasteiger partial charge in [-0.15, -0.1) is 0 Å². The Labute approximate surface area is 169 Å². The van der Waals surface area contributed by atoms with Crippen LogP contribution in [0.25, 0.3) is 11.1 Å². The van der Waals surface area contributed by atoms with Crippen molar-refractivity contribution in [1.29, 1.82) is 0 Å². The van der Waals surface area contributed by atoms with Crippen LogP contribution < -0.4 is 4.72 Å². The Hall–Kier alpha value is -1.60. The molecule has 0 saturated carbocycles. The Morgan fingerprint density at radius 2 is 1.67 bits per heavy atom. The molecule has 2 aromatic carbocycles. The average Bonchev–Trinajstić information content (AvgIpc) is 2.52. The van der Waals surface area contributed by atoms with Gasteiger partial charge in [-0.1, -0.05) is 47.5 Å². The molecule has 0 bridgehead atoms. The summed E-state index contributed by atoms with van der Waals surface area (Å²) in [6, 6.07) is 11.1. The van der Waals surface area contributed by atoms with Crippen molar-refractivity contribution >= 4 is 39.2 Å². The minimum Gasteiger partial charge on any atom is -0.481 e. The fraction of sp³-hybridized carbons (Fsp3) is 0.316. The van der Waals surface area contributed by atoms with E-state index >= 15 is 0 Å². The molecule has 0 saturated heterocycles. The molecule has 0 amide bonds. The summed E-state index contributed by atoms with van der Waals surface area (Å²) in [6.45, 7) is 4.65. The first kappa shape index (κ1) is 21.7. The van der Waals surface area contributed by atoms with Gasteiger partial charge in [0.05, 0.1) is 17.2 Å². The van der Waals surface area contributed by atoms with Crippen LogP contribution in [-0.4, -0.2) is 24.2 Å². The van der Waals surface area contributed by atoms with E-state index in [4.69, 9.17) is 23.2 Å². The van der Waals surface area contributed by atoms with Crippen molar-refractivity contribution in [3.05, 3.63) is 58.1 Å². The summed E-state index contributed by atoms with van der Waals surface area (Å²) in [6.07, 6.45) is -0.394. The first-order valence-electron chi connectivity index (χ1n) is 8.20. The van der Waals surface area contributed by atoms with E-state index in [0.29, 0.717) is 26.7 Å². The number of halogens is 2. The van der Waals surface area contributed by atoms with Gasteiger partial charge in [-0.2, -0.15) is 0 Å². The van der Waals surface area contributed by atoms with E-state index in [1.165, 1.54) is 0 Å². The summed E-state index contributed by atoms with van der Waals surface area (Å²) in [7, 11) is -3.75. The molecule has 2 rings (SSSR count). The normalized spacial score (nSPS) is 13.4. The Bertz CT molecular complexity index is 932. The number of hydrogen-bond donors (Lipinski definition) is 2. The van der Waals surface area contributed by atoms with E-state index < -0.39 is 33.2 Å². The Kier molecular flexibility index (Phi) is 6.58. The molecule has 0 aliphatic heterocycles. The van der Waals surface area contributed by atoms with Gasteiger partial charge in [0.15, 0.2) is 0 Å². The summed E-state index contributed by atoms with van der Waals surface area (Å²) in [5.41, 5.74) is 1.79. The molecule has 0 aromatic heterocycles. The molecule has 0 spiro atoms. The minimum atomic E-state index is -3.75. The summed E-state index contributed by atoms with van der Waals surface area (Å²) < 4.78 is 26.5. The molecular formula is C19H21Cl2NO4S. The second-order valence-corrected chi connectivity index (χ2v) is 10.4. The largest absolute Gasteiger partial charge is 0.481 e. The van der Waals surface area contributed by atoms with Gasteiger partial charge in [-0.3, -0.25) is 4.79 Å². The van der Waals surface area contributed by atoms with Crippen molar-refractivity contribution in [2.75, 3.05) is 0 Å². The predicted molar refractivity (Wildman–Crippen MR) is 109 cm³/mol. The monoisotopic (exact) mass is 429 g/mol. The van der Waals surface area contributed by atoms with Gasteiger partial charge in [0, 0.05) is 15.6 Å². The van der Waals surface area contributed by atoms with Gasteiger partial charge in [0.2, 0.25) is 10.0 Å². The number of carbonyl (C=O) groups is 1. The van der Waals surface area contributed by atoms with Crippen molar-refractivity contribution in [2.45, 2.75) is 38.0 Å². The molecule has 0 unspecified atom stereocenters. The molecule has 0 heterocycles. The zero-order chi connectivity index (χ0) is 20.4. The van der Waals surface area contributed by atoms with Crippen LogP contribution in [-0.2, 0) is 14.8 Å². The number of rotatable bonds is 6. The van der Waals surface area contributed by atoms with E-state index in [9.17, 15) is 18.3 Å².